The molecule has 2 amide bonds. The molecule has 1 aliphatic rings. The number of aromatic nitrogens is 2. The third-order valence-corrected chi connectivity index (χ3v) is 7.01. The van der Waals surface area contributed by atoms with Crippen LogP contribution in [0.25, 0.3) is 16.6 Å². The summed E-state index contributed by atoms with van der Waals surface area (Å²) in [5, 5.41) is 6.32. The maximum absolute atomic E-state index is 12.9. The minimum absolute atomic E-state index is 0.156. The maximum atomic E-state index is 12.9. The minimum Gasteiger partial charge on any atom is -0.382 e. The zero-order valence-corrected chi connectivity index (χ0v) is 19.5. The highest BCUT2D eigenvalue weighted by Gasteiger charge is 2.23. The molecule has 4 rings (SSSR count). The van der Waals surface area contributed by atoms with E-state index in [9.17, 15) is 14.4 Å². The van der Waals surface area contributed by atoms with Crippen molar-refractivity contribution in [3.05, 3.63) is 42.9 Å². The molecular formula is C22H26N4O4S2. The fourth-order valence-corrected chi connectivity index (χ4v) is 5.31. The molecule has 0 bridgehead atoms. The molecule has 0 spiro atoms. The predicted molar refractivity (Wildman–Crippen MR) is 127 cm³/mol. The van der Waals surface area contributed by atoms with Crippen LogP contribution in [0, 0.1) is 3.95 Å². The lowest BCUT2D eigenvalue weighted by atomic mass is 10.1. The van der Waals surface area contributed by atoms with Crippen LogP contribution in [0.3, 0.4) is 0 Å². The first-order chi connectivity index (χ1) is 15.5. The summed E-state index contributed by atoms with van der Waals surface area (Å²) in [6.07, 6.45) is 4.85. The number of nitrogens with zero attached hydrogens (tertiary/aromatic N) is 1. The number of nitrogens with one attached hydrogen (secondary N) is 3. The van der Waals surface area contributed by atoms with Crippen molar-refractivity contribution in [3.8, 4) is 0 Å². The molecule has 2 heterocycles. The van der Waals surface area contributed by atoms with E-state index in [4.69, 9.17) is 17.0 Å². The van der Waals surface area contributed by atoms with Gasteiger partial charge in [0.05, 0.1) is 10.9 Å². The Kier molecular flexibility index (Phi) is 7.02. The Labute approximate surface area is 194 Å². The molecule has 3 aromatic rings. The molecule has 0 unspecified atom stereocenters. The number of ether oxygens (including phenoxy) is 1. The van der Waals surface area contributed by atoms with E-state index < -0.39 is 0 Å². The van der Waals surface area contributed by atoms with Crippen molar-refractivity contribution < 1.29 is 14.3 Å². The van der Waals surface area contributed by atoms with Gasteiger partial charge in [0.2, 0.25) is 0 Å². The van der Waals surface area contributed by atoms with Gasteiger partial charge in [0, 0.05) is 31.4 Å². The Bertz CT molecular complexity index is 1270. The van der Waals surface area contributed by atoms with Crippen LogP contribution in [0.15, 0.2) is 23.0 Å². The number of carbonyl (C=O) groups is 2. The van der Waals surface area contributed by atoms with Crippen molar-refractivity contribution in [3.63, 3.8) is 0 Å². The minimum atomic E-state index is -0.327. The Morgan fingerprint density at radius 3 is 2.81 bits per heavy atom. The summed E-state index contributed by atoms with van der Waals surface area (Å²) in [5.74, 6) is -0.466. The van der Waals surface area contributed by atoms with Crippen LogP contribution in [-0.4, -0.2) is 47.0 Å². The number of hydrogen-bond donors (Lipinski definition) is 3. The van der Waals surface area contributed by atoms with Crippen molar-refractivity contribution in [2.24, 2.45) is 0 Å². The van der Waals surface area contributed by atoms with Gasteiger partial charge in [-0.05, 0) is 56.6 Å². The molecule has 1 fully saturated rings. The molecule has 1 aliphatic carbocycles. The van der Waals surface area contributed by atoms with Crippen LogP contribution in [0.5, 0.6) is 0 Å². The van der Waals surface area contributed by atoms with Crippen LogP contribution >= 0.6 is 23.6 Å². The zero-order chi connectivity index (χ0) is 22.7. The molecule has 0 aliphatic heterocycles. The Balaban J connectivity index is 1.67. The van der Waals surface area contributed by atoms with E-state index in [2.05, 4.69) is 15.6 Å². The smallest absolute Gasteiger partial charge is 0.265 e. The van der Waals surface area contributed by atoms with Crippen molar-refractivity contribution in [2.75, 3.05) is 19.8 Å². The van der Waals surface area contributed by atoms with Crippen LogP contribution in [-0.2, 0) is 4.74 Å². The molecule has 10 heteroatoms. The van der Waals surface area contributed by atoms with Gasteiger partial charge < -0.3 is 20.4 Å². The highest BCUT2D eigenvalue weighted by Crippen LogP contribution is 2.25. The van der Waals surface area contributed by atoms with Gasteiger partial charge in [0.1, 0.15) is 10.5 Å². The Morgan fingerprint density at radius 2 is 2.06 bits per heavy atom. The van der Waals surface area contributed by atoms with Gasteiger partial charge in [0.15, 0.2) is 3.95 Å². The number of amides is 2. The molecule has 170 valence electrons. The molecule has 3 N–H and O–H groups in total. The van der Waals surface area contributed by atoms with E-state index in [0.29, 0.717) is 57.1 Å². The number of rotatable bonds is 8. The van der Waals surface area contributed by atoms with Crippen LogP contribution in [0.2, 0.25) is 0 Å². The average molecular weight is 475 g/mol. The summed E-state index contributed by atoms with van der Waals surface area (Å²) in [4.78, 5) is 41.4. The highest BCUT2D eigenvalue weighted by atomic mass is 32.1. The molecule has 0 saturated heterocycles. The fourth-order valence-electron chi connectivity index (χ4n) is 4.03. The summed E-state index contributed by atoms with van der Waals surface area (Å²) in [6, 6.07) is 5.03. The number of H-pyrrole nitrogens is 1. The summed E-state index contributed by atoms with van der Waals surface area (Å²) >= 11 is 6.69. The lowest BCUT2D eigenvalue weighted by Crippen LogP contribution is -2.32. The van der Waals surface area contributed by atoms with Gasteiger partial charge in [-0.1, -0.05) is 24.2 Å². The van der Waals surface area contributed by atoms with Crippen LogP contribution in [0.1, 0.15) is 59.1 Å². The Hall–Kier alpha value is -2.56. The van der Waals surface area contributed by atoms with Gasteiger partial charge in [-0.15, -0.1) is 0 Å². The summed E-state index contributed by atoms with van der Waals surface area (Å²) in [7, 11) is 0. The molecule has 0 atom stereocenters. The molecule has 0 radical (unpaired) electrons. The number of benzene rings is 1. The fraction of sp³-hybridized carbons (Fsp3) is 0.455. The van der Waals surface area contributed by atoms with Crippen LogP contribution in [0.4, 0.5) is 0 Å². The molecule has 8 nitrogen and oxygen atoms in total. The normalized spacial score (nSPS) is 14.3. The summed E-state index contributed by atoms with van der Waals surface area (Å²) in [5.41, 5.74) is 0.964. The first kappa shape index (κ1) is 22.6. The lowest BCUT2D eigenvalue weighted by Gasteiger charge is -2.11. The van der Waals surface area contributed by atoms with Crippen molar-refractivity contribution >= 4 is 51.9 Å². The van der Waals surface area contributed by atoms with Crippen molar-refractivity contribution in [1.29, 1.82) is 0 Å². The topological polar surface area (TPSA) is 105 Å². The summed E-state index contributed by atoms with van der Waals surface area (Å²) in [6.45, 7) is 3.64. The first-order valence-corrected chi connectivity index (χ1v) is 12.1. The van der Waals surface area contributed by atoms with Crippen LogP contribution < -0.4 is 16.2 Å². The monoisotopic (exact) mass is 474 g/mol. The third-order valence-electron chi connectivity index (χ3n) is 5.64. The van der Waals surface area contributed by atoms with E-state index in [1.807, 2.05) is 6.92 Å². The molecular weight excluding hydrogens is 448 g/mol. The zero-order valence-electron chi connectivity index (χ0n) is 17.9. The van der Waals surface area contributed by atoms with Gasteiger partial charge in [-0.2, -0.15) is 0 Å². The second kappa shape index (κ2) is 9.93. The van der Waals surface area contributed by atoms with Gasteiger partial charge >= 0.3 is 0 Å². The second-order valence-corrected chi connectivity index (χ2v) is 9.47. The highest BCUT2D eigenvalue weighted by molar-refractivity contribution is 7.73. The van der Waals surface area contributed by atoms with Gasteiger partial charge in [0.25, 0.3) is 17.4 Å². The van der Waals surface area contributed by atoms with Crippen molar-refractivity contribution in [1.82, 2.24) is 20.0 Å². The molecule has 1 saturated carbocycles. The number of carbonyl (C=O) groups excluding carboxylic acids is 2. The maximum Gasteiger partial charge on any atom is 0.265 e. The largest absolute Gasteiger partial charge is 0.382 e. The first-order valence-electron chi connectivity index (χ1n) is 10.9. The predicted octanol–water partition coefficient (Wildman–Crippen LogP) is 3.40. The molecule has 1 aromatic carbocycles. The van der Waals surface area contributed by atoms with E-state index in [1.165, 1.54) is 0 Å². The lowest BCUT2D eigenvalue weighted by molar-refractivity contribution is 0.0934. The molecule has 2 aromatic heterocycles. The molecule has 32 heavy (non-hydrogen) atoms. The number of aromatic amines is 1. The van der Waals surface area contributed by atoms with E-state index in [-0.39, 0.29) is 23.4 Å². The Morgan fingerprint density at radius 1 is 1.28 bits per heavy atom. The standard InChI is InChI=1S/C22H26N4O4S2/c1-2-30-11-5-10-23-19(27)13-8-9-15-16(12-13)26-18(25-20(15)28)17(32-22(26)31)21(29)24-14-6-3-4-7-14/h8-9,12,14H,2-7,10-11H2,1H3,(H,23,27)(H,24,29)(H,25,28). The SMILES string of the molecule is CCOCCCNC(=O)c1ccc2c(=O)[nH]c3c(C(=O)NC4CCCC4)sc(=S)n3c2c1. The van der Waals surface area contributed by atoms with E-state index in [1.54, 1.807) is 22.6 Å². The number of fused-ring (bicyclic) bond motifs is 3. The number of thiazole rings is 1. The van der Waals surface area contributed by atoms with Gasteiger partial charge in [-0.3, -0.25) is 18.8 Å². The second-order valence-electron chi connectivity index (χ2n) is 7.83. The quantitative estimate of drug-likeness (QED) is 0.343. The van der Waals surface area contributed by atoms with Crippen molar-refractivity contribution in [2.45, 2.75) is 45.1 Å². The number of hydrogen-bond acceptors (Lipinski definition) is 6. The van der Waals surface area contributed by atoms with E-state index in [0.717, 1.165) is 37.0 Å². The third kappa shape index (κ3) is 4.62. The van der Waals surface area contributed by atoms with E-state index >= 15 is 0 Å². The summed E-state index contributed by atoms with van der Waals surface area (Å²) < 4.78 is 7.39. The average Bonchev–Trinajstić information content (AvgIpc) is 3.41. The van der Waals surface area contributed by atoms with Gasteiger partial charge in [-0.25, -0.2) is 0 Å².